The predicted molar refractivity (Wildman–Crippen MR) is 151 cm³/mol. The molecule has 6 nitrogen and oxygen atoms in total. The molecule has 0 spiro atoms. The van der Waals surface area contributed by atoms with E-state index in [0.717, 1.165) is 53.8 Å². The molecule has 4 rings (SSSR count). The zero-order valence-electron chi connectivity index (χ0n) is 20.6. The molecule has 0 atom stereocenters. The van der Waals surface area contributed by atoms with Gasteiger partial charge in [0.25, 0.3) is 0 Å². The van der Waals surface area contributed by atoms with Gasteiger partial charge in [0, 0.05) is 60.9 Å². The standard InChI is InChI=1S/C27H31ClN4O2S2/c1-3-31-13-15-32(16-14-31)19-21(29)18-25(30-24-10-5-4-9-23(24)28)27-12-11-26(35-27)20-7-6-8-22(17-20)36(2,33)34/h4-12,17,29H,3,13-16,18-19H2,1-2H3. The predicted octanol–water partition coefficient (Wildman–Crippen LogP) is 5.64. The summed E-state index contributed by atoms with van der Waals surface area (Å²) in [5, 5.41) is 9.32. The molecule has 190 valence electrons. The third-order valence-corrected chi connectivity index (χ3v) is 8.87. The summed E-state index contributed by atoms with van der Waals surface area (Å²) in [5.74, 6) is 0. The Kier molecular flexibility index (Phi) is 8.74. The van der Waals surface area contributed by atoms with Crippen molar-refractivity contribution in [3.8, 4) is 10.4 Å². The first kappa shape index (κ1) is 26.7. The molecule has 2 heterocycles. The van der Waals surface area contributed by atoms with Gasteiger partial charge in [0.2, 0.25) is 0 Å². The molecule has 1 aliphatic rings. The van der Waals surface area contributed by atoms with Gasteiger partial charge >= 0.3 is 0 Å². The third kappa shape index (κ3) is 6.89. The normalized spacial score (nSPS) is 15.8. The highest BCUT2D eigenvalue weighted by Crippen LogP contribution is 2.32. The maximum Gasteiger partial charge on any atom is 0.175 e. The van der Waals surface area contributed by atoms with Crippen molar-refractivity contribution in [2.45, 2.75) is 18.2 Å². The second kappa shape index (κ2) is 11.8. The van der Waals surface area contributed by atoms with Gasteiger partial charge in [0.1, 0.15) is 0 Å². The number of para-hydroxylation sites is 1. The summed E-state index contributed by atoms with van der Waals surface area (Å²) < 4.78 is 24.1. The average molecular weight is 543 g/mol. The lowest BCUT2D eigenvalue weighted by Gasteiger charge is -2.34. The smallest absolute Gasteiger partial charge is 0.175 e. The number of benzene rings is 2. The van der Waals surface area contributed by atoms with Crippen molar-refractivity contribution in [3.05, 3.63) is 70.6 Å². The van der Waals surface area contributed by atoms with Gasteiger partial charge in [0.05, 0.1) is 21.3 Å². The Balaban J connectivity index is 1.59. The van der Waals surface area contributed by atoms with Crippen LogP contribution >= 0.6 is 22.9 Å². The lowest BCUT2D eigenvalue weighted by atomic mass is 10.1. The van der Waals surface area contributed by atoms with E-state index < -0.39 is 9.84 Å². The molecule has 0 radical (unpaired) electrons. The van der Waals surface area contributed by atoms with Crippen LogP contribution in [0.25, 0.3) is 10.4 Å². The minimum absolute atomic E-state index is 0.296. The Morgan fingerprint density at radius 3 is 2.44 bits per heavy atom. The summed E-state index contributed by atoms with van der Waals surface area (Å²) >= 11 is 7.95. The number of hydrogen-bond acceptors (Lipinski definition) is 7. The number of halogens is 1. The van der Waals surface area contributed by atoms with Gasteiger partial charge in [-0.3, -0.25) is 9.89 Å². The molecule has 1 aliphatic heterocycles. The van der Waals surface area contributed by atoms with E-state index in [2.05, 4.69) is 16.7 Å². The number of thiophene rings is 1. The molecule has 2 aromatic carbocycles. The first-order valence-electron chi connectivity index (χ1n) is 12.0. The van der Waals surface area contributed by atoms with Crippen molar-refractivity contribution in [2.24, 2.45) is 4.99 Å². The number of nitrogens with zero attached hydrogens (tertiary/aromatic N) is 3. The molecule has 3 aromatic rings. The first-order valence-corrected chi connectivity index (χ1v) is 15.1. The summed E-state index contributed by atoms with van der Waals surface area (Å²) in [6.07, 6.45) is 1.64. The van der Waals surface area contributed by atoms with E-state index in [9.17, 15) is 8.42 Å². The monoisotopic (exact) mass is 542 g/mol. The number of aliphatic imine (C=N–C) groups is 1. The summed E-state index contributed by atoms with van der Waals surface area (Å²) in [7, 11) is -3.29. The highest BCUT2D eigenvalue weighted by molar-refractivity contribution is 7.90. The molecular formula is C27H31ClN4O2S2. The molecule has 0 unspecified atom stereocenters. The minimum Gasteiger partial charge on any atom is -0.308 e. The van der Waals surface area contributed by atoms with E-state index in [1.807, 2.05) is 42.5 Å². The van der Waals surface area contributed by atoms with Crippen LogP contribution in [0.3, 0.4) is 0 Å². The third-order valence-electron chi connectivity index (χ3n) is 6.25. The maximum absolute atomic E-state index is 12.0. The van der Waals surface area contributed by atoms with E-state index in [-0.39, 0.29) is 0 Å². The van der Waals surface area contributed by atoms with Crippen LogP contribution in [-0.2, 0) is 9.84 Å². The first-order chi connectivity index (χ1) is 17.2. The molecule has 1 saturated heterocycles. The zero-order chi connectivity index (χ0) is 25.7. The van der Waals surface area contributed by atoms with Gasteiger partial charge in [-0.05, 0) is 48.5 Å². The molecule has 0 aliphatic carbocycles. The molecule has 0 saturated carbocycles. The summed E-state index contributed by atoms with van der Waals surface area (Å²) in [6, 6.07) is 18.4. The Morgan fingerprint density at radius 2 is 1.75 bits per heavy atom. The molecule has 1 fully saturated rings. The highest BCUT2D eigenvalue weighted by Gasteiger charge is 2.19. The maximum atomic E-state index is 12.0. The fourth-order valence-corrected chi connectivity index (χ4v) is 6.02. The number of piperazine rings is 1. The minimum atomic E-state index is -3.29. The van der Waals surface area contributed by atoms with Crippen molar-refractivity contribution >= 4 is 49.9 Å². The number of sulfone groups is 1. The van der Waals surface area contributed by atoms with E-state index in [1.165, 1.54) is 6.26 Å². The van der Waals surface area contributed by atoms with Crippen LogP contribution in [0.1, 0.15) is 18.2 Å². The number of hydrogen-bond donors (Lipinski definition) is 1. The quantitative estimate of drug-likeness (QED) is 0.355. The van der Waals surface area contributed by atoms with Crippen LogP contribution in [0.2, 0.25) is 5.02 Å². The lowest BCUT2D eigenvalue weighted by molar-refractivity contribution is 0.151. The Hall–Kier alpha value is -2.36. The topological polar surface area (TPSA) is 76.8 Å². The second-order valence-electron chi connectivity index (χ2n) is 8.96. The zero-order valence-corrected chi connectivity index (χ0v) is 23.0. The van der Waals surface area contributed by atoms with Crippen LogP contribution in [0.15, 0.2) is 70.6 Å². The van der Waals surface area contributed by atoms with E-state index >= 15 is 0 Å². The fourth-order valence-electron chi connectivity index (χ4n) is 4.19. The summed E-state index contributed by atoms with van der Waals surface area (Å²) in [6.45, 7) is 7.86. The van der Waals surface area contributed by atoms with Crippen LogP contribution in [0.4, 0.5) is 5.69 Å². The number of nitrogens with one attached hydrogen (secondary N) is 1. The summed E-state index contributed by atoms with van der Waals surface area (Å²) in [5.41, 5.74) is 2.92. The molecule has 0 bridgehead atoms. The largest absolute Gasteiger partial charge is 0.308 e. The molecular weight excluding hydrogens is 512 g/mol. The van der Waals surface area contributed by atoms with Crippen molar-refractivity contribution in [1.82, 2.24) is 9.80 Å². The highest BCUT2D eigenvalue weighted by atomic mass is 35.5. The molecule has 1 N–H and O–H groups in total. The summed E-state index contributed by atoms with van der Waals surface area (Å²) in [4.78, 5) is 11.8. The Morgan fingerprint density at radius 1 is 1.03 bits per heavy atom. The van der Waals surface area contributed by atoms with E-state index in [0.29, 0.717) is 34.3 Å². The number of likely N-dealkylation sites (N-methyl/N-ethyl adjacent to an activating group) is 1. The van der Waals surface area contributed by atoms with Crippen molar-refractivity contribution in [3.63, 3.8) is 0 Å². The molecule has 36 heavy (non-hydrogen) atoms. The van der Waals surface area contributed by atoms with Crippen molar-refractivity contribution in [2.75, 3.05) is 45.5 Å². The van der Waals surface area contributed by atoms with E-state index in [4.69, 9.17) is 22.0 Å². The average Bonchev–Trinajstić information content (AvgIpc) is 3.35. The molecule has 0 amide bonds. The van der Waals surface area contributed by atoms with Gasteiger partial charge in [-0.15, -0.1) is 11.3 Å². The van der Waals surface area contributed by atoms with Crippen molar-refractivity contribution < 1.29 is 8.42 Å². The lowest BCUT2D eigenvalue weighted by Crippen LogP contribution is -2.47. The molecule has 9 heteroatoms. The van der Waals surface area contributed by atoms with Gasteiger partial charge in [-0.2, -0.15) is 0 Å². The van der Waals surface area contributed by atoms with Gasteiger partial charge < -0.3 is 10.3 Å². The Labute approximate surface area is 222 Å². The van der Waals surface area contributed by atoms with E-state index in [1.54, 1.807) is 29.5 Å². The van der Waals surface area contributed by atoms with Crippen LogP contribution in [0, 0.1) is 5.41 Å². The van der Waals surface area contributed by atoms with Gasteiger partial charge in [-0.25, -0.2) is 8.42 Å². The second-order valence-corrected chi connectivity index (χ2v) is 12.5. The van der Waals surface area contributed by atoms with Gasteiger partial charge in [0.15, 0.2) is 9.84 Å². The van der Waals surface area contributed by atoms with Crippen LogP contribution in [0.5, 0.6) is 0 Å². The van der Waals surface area contributed by atoms with Gasteiger partial charge in [-0.1, -0.05) is 42.8 Å². The fraction of sp³-hybridized carbons (Fsp3) is 0.333. The number of rotatable bonds is 9. The van der Waals surface area contributed by atoms with Crippen molar-refractivity contribution in [1.29, 1.82) is 5.41 Å². The Bertz CT molecular complexity index is 1360. The SMILES string of the molecule is CCN1CCN(CC(=N)CC(=Nc2ccccc2Cl)c2ccc(-c3cccc(S(C)(=O)=O)c3)s2)CC1. The van der Waals surface area contributed by atoms with Crippen LogP contribution < -0.4 is 0 Å². The molecule has 1 aromatic heterocycles. The van der Waals surface area contributed by atoms with Crippen LogP contribution in [-0.4, -0.2) is 75.2 Å².